The minimum atomic E-state index is -2.69. The van der Waals surface area contributed by atoms with E-state index in [1.807, 2.05) is 32.1 Å². The molecule has 186 valence electrons. The SMILES string of the molecule is CC.C\C=C/C(=C(\C=C\C(F)F)NC(=O)NC1=CCC=C(OC2C=CN=CC2)C=C1)n1cncn1. The Morgan fingerprint density at radius 1 is 1.26 bits per heavy atom. The van der Waals surface area contributed by atoms with E-state index in [2.05, 4.69) is 25.7 Å². The maximum atomic E-state index is 12.8. The molecule has 3 rings (SSSR count). The minimum absolute atomic E-state index is 0.0904. The molecular formula is C25H30F2N6O2. The number of halogens is 2. The molecule has 35 heavy (non-hydrogen) atoms. The summed E-state index contributed by atoms with van der Waals surface area (Å²) in [7, 11) is 0. The smallest absolute Gasteiger partial charge is 0.323 e. The summed E-state index contributed by atoms with van der Waals surface area (Å²) in [5.74, 6) is 0.676. The molecule has 2 amide bonds. The van der Waals surface area contributed by atoms with Crippen LogP contribution in [0.25, 0.3) is 5.70 Å². The van der Waals surface area contributed by atoms with E-state index in [4.69, 9.17) is 4.74 Å². The molecule has 2 aliphatic rings. The Morgan fingerprint density at radius 2 is 2.09 bits per heavy atom. The predicted octanol–water partition coefficient (Wildman–Crippen LogP) is 5.27. The first-order valence-corrected chi connectivity index (χ1v) is 11.2. The number of nitrogens with zero attached hydrogens (tertiary/aromatic N) is 4. The summed E-state index contributed by atoms with van der Waals surface area (Å²) in [6.45, 7) is 5.76. The molecule has 1 aromatic heterocycles. The van der Waals surface area contributed by atoms with Crippen molar-refractivity contribution >= 4 is 17.9 Å². The maximum absolute atomic E-state index is 12.8. The van der Waals surface area contributed by atoms with Crippen molar-refractivity contribution in [3.8, 4) is 0 Å². The van der Waals surface area contributed by atoms with Crippen LogP contribution in [0.3, 0.4) is 0 Å². The van der Waals surface area contributed by atoms with E-state index in [1.54, 1.807) is 43.6 Å². The number of alkyl halides is 2. The van der Waals surface area contributed by atoms with Crippen molar-refractivity contribution in [2.24, 2.45) is 4.99 Å². The van der Waals surface area contributed by atoms with Gasteiger partial charge in [-0.2, -0.15) is 5.10 Å². The lowest BCUT2D eigenvalue weighted by atomic mass is 10.2. The number of allylic oxidation sites excluding steroid dienone is 9. The van der Waals surface area contributed by atoms with Gasteiger partial charge in [0.1, 0.15) is 24.5 Å². The third kappa shape index (κ3) is 9.36. The van der Waals surface area contributed by atoms with Crippen molar-refractivity contribution in [3.05, 3.63) is 90.7 Å². The van der Waals surface area contributed by atoms with Gasteiger partial charge in [0.25, 0.3) is 6.43 Å². The maximum Gasteiger partial charge on any atom is 0.323 e. The van der Waals surface area contributed by atoms with Crippen LogP contribution in [0.1, 0.15) is 33.6 Å². The van der Waals surface area contributed by atoms with Crippen LogP contribution in [0.5, 0.6) is 0 Å². The van der Waals surface area contributed by atoms with Gasteiger partial charge in [-0.25, -0.2) is 23.2 Å². The van der Waals surface area contributed by atoms with E-state index in [-0.39, 0.29) is 11.8 Å². The van der Waals surface area contributed by atoms with Crippen LogP contribution >= 0.6 is 0 Å². The molecule has 10 heteroatoms. The normalized spacial score (nSPS) is 17.9. The molecule has 1 aromatic rings. The number of urea groups is 1. The highest BCUT2D eigenvalue weighted by Gasteiger charge is 2.13. The zero-order valence-electron chi connectivity index (χ0n) is 19.9. The number of amides is 2. The Balaban J connectivity index is 0.00000210. The van der Waals surface area contributed by atoms with Crippen LogP contribution in [0, 0.1) is 0 Å². The van der Waals surface area contributed by atoms with Crippen molar-refractivity contribution in [3.63, 3.8) is 0 Å². The molecule has 8 nitrogen and oxygen atoms in total. The van der Waals surface area contributed by atoms with E-state index in [9.17, 15) is 13.6 Å². The van der Waals surface area contributed by atoms with Gasteiger partial charge in [0.05, 0.1) is 11.4 Å². The van der Waals surface area contributed by atoms with Crippen molar-refractivity contribution in [2.45, 2.75) is 46.1 Å². The highest BCUT2D eigenvalue weighted by atomic mass is 19.3. The van der Waals surface area contributed by atoms with Gasteiger partial charge in [-0.05, 0) is 55.9 Å². The molecule has 1 atom stereocenters. The lowest BCUT2D eigenvalue weighted by molar-refractivity contribution is 0.170. The Hall–Kier alpha value is -4.08. The van der Waals surface area contributed by atoms with Gasteiger partial charge < -0.3 is 15.4 Å². The molecule has 0 saturated carbocycles. The largest absolute Gasteiger partial charge is 0.486 e. The molecule has 1 aliphatic heterocycles. The van der Waals surface area contributed by atoms with Crippen LogP contribution in [0.2, 0.25) is 0 Å². The monoisotopic (exact) mass is 484 g/mol. The van der Waals surface area contributed by atoms with Gasteiger partial charge >= 0.3 is 6.03 Å². The number of hydrogen-bond acceptors (Lipinski definition) is 5. The van der Waals surface area contributed by atoms with E-state index in [1.165, 1.54) is 17.3 Å². The quantitative estimate of drug-likeness (QED) is 0.492. The first-order chi connectivity index (χ1) is 17.0. The highest BCUT2D eigenvalue weighted by molar-refractivity contribution is 5.81. The van der Waals surface area contributed by atoms with Gasteiger partial charge in [0.2, 0.25) is 0 Å². The van der Waals surface area contributed by atoms with Gasteiger partial charge in [-0.3, -0.25) is 4.99 Å². The number of carbonyl (C=O) groups excluding carboxylic acids is 1. The van der Waals surface area contributed by atoms with E-state index in [0.29, 0.717) is 36.1 Å². The highest BCUT2D eigenvalue weighted by Crippen LogP contribution is 2.16. The lowest BCUT2D eigenvalue weighted by Crippen LogP contribution is -2.34. The number of aliphatic imine (C=N–C) groups is 1. The lowest BCUT2D eigenvalue weighted by Gasteiger charge is -2.15. The zero-order valence-corrected chi connectivity index (χ0v) is 19.9. The summed E-state index contributed by atoms with van der Waals surface area (Å²) in [5, 5.41) is 9.35. The summed E-state index contributed by atoms with van der Waals surface area (Å²) in [6, 6.07) is -0.599. The van der Waals surface area contributed by atoms with Gasteiger partial charge in [0, 0.05) is 24.5 Å². The fourth-order valence-electron chi connectivity index (χ4n) is 2.93. The van der Waals surface area contributed by atoms with Crippen LogP contribution in [-0.2, 0) is 4.74 Å². The Kier molecular flexibility index (Phi) is 11.6. The van der Waals surface area contributed by atoms with Crippen LogP contribution < -0.4 is 10.6 Å². The molecule has 2 N–H and O–H groups in total. The van der Waals surface area contributed by atoms with Crippen molar-refractivity contribution in [2.75, 3.05) is 0 Å². The summed E-state index contributed by atoms with van der Waals surface area (Å²) in [4.78, 5) is 20.6. The van der Waals surface area contributed by atoms with E-state index >= 15 is 0 Å². The molecular weight excluding hydrogens is 454 g/mol. The number of nitrogens with one attached hydrogen (secondary N) is 2. The number of carbonyl (C=O) groups is 1. The second-order valence-corrected chi connectivity index (χ2v) is 6.81. The number of aromatic nitrogens is 3. The summed E-state index contributed by atoms with van der Waals surface area (Å²) >= 11 is 0. The standard InChI is InChI=1S/C23H24F2N6O2.C2H6/c1-2-4-21(31-16-27-15-28-31)20(9-10-22(24)25)30-23(32)29-17-5-3-6-18(8-7-17)33-19-11-13-26-14-12-19;1-2/h2,4-11,13-16,19,22H,3,12H2,1H3,(H2,29,30,32);1-2H3/b4-2-,10-9+,21-20-;. The molecule has 1 unspecified atom stereocenters. The molecule has 1 aliphatic carbocycles. The Morgan fingerprint density at radius 3 is 2.74 bits per heavy atom. The van der Waals surface area contributed by atoms with Gasteiger partial charge in [0.15, 0.2) is 0 Å². The van der Waals surface area contributed by atoms with Gasteiger partial charge in [-0.15, -0.1) is 0 Å². The topological polar surface area (TPSA) is 93.4 Å². The van der Waals surface area contributed by atoms with E-state index < -0.39 is 12.5 Å². The van der Waals surface area contributed by atoms with Gasteiger partial charge in [-0.1, -0.05) is 26.0 Å². The van der Waals surface area contributed by atoms with Crippen LogP contribution in [0.4, 0.5) is 13.6 Å². The molecule has 0 fully saturated rings. The average molecular weight is 485 g/mol. The fourth-order valence-corrected chi connectivity index (χ4v) is 2.93. The summed E-state index contributed by atoms with van der Waals surface area (Å²) in [5.41, 5.74) is 1.03. The minimum Gasteiger partial charge on any atom is -0.486 e. The van der Waals surface area contributed by atoms with Crippen LogP contribution in [0.15, 0.2) is 95.7 Å². The Labute approximate surface area is 203 Å². The predicted molar refractivity (Wildman–Crippen MR) is 133 cm³/mol. The van der Waals surface area contributed by atoms with Crippen molar-refractivity contribution in [1.82, 2.24) is 25.4 Å². The third-order valence-corrected chi connectivity index (χ3v) is 4.38. The molecule has 2 heterocycles. The fraction of sp³-hybridized carbons (Fsp3) is 0.280. The zero-order chi connectivity index (χ0) is 25.5. The second-order valence-electron chi connectivity index (χ2n) is 6.81. The van der Waals surface area contributed by atoms with Crippen molar-refractivity contribution in [1.29, 1.82) is 0 Å². The summed E-state index contributed by atoms with van der Waals surface area (Å²) in [6.07, 6.45) is 18.8. The molecule has 0 saturated heterocycles. The van der Waals surface area contributed by atoms with Crippen LogP contribution in [-0.4, -0.2) is 39.5 Å². The Bertz CT molecular complexity index is 1060. The van der Waals surface area contributed by atoms with Crippen molar-refractivity contribution < 1.29 is 18.3 Å². The summed E-state index contributed by atoms with van der Waals surface area (Å²) < 4.78 is 32.9. The average Bonchev–Trinajstić information content (AvgIpc) is 3.31. The van der Waals surface area contributed by atoms with E-state index in [0.717, 1.165) is 6.08 Å². The molecule has 0 radical (unpaired) electrons. The number of ether oxygens (including phenoxy) is 1. The third-order valence-electron chi connectivity index (χ3n) is 4.38. The molecule has 0 spiro atoms. The number of hydrogen-bond donors (Lipinski definition) is 2. The molecule has 0 aromatic carbocycles. The second kappa shape index (κ2) is 14.9. The first-order valence-electron chi connectivity index (χ1n) is 11.2. The molecule has 0 bridgehead atoms. The number of rotatable bonds is 8. The first kappa shape index (κ1) is 27.2.